The monoisotopic (exact) mass is 498 g/mol. The fraction of sp³-hybridized carbons (Fsp3) is 0.476. The summed E-state index contributed by atoms with van der Waals surface area (Å²) in [6, 6.07) is 0.754. The smallest absolute Gasteiger partial charge is 0.327 e. The molecule has 0 fully saturated rings. The van der Waals surface area contributed by atoms with Crippen LogP contribution in [0.5, 0.6) is 5.75 Å². The number of amides is 3. The first-order chi connectivity index (χ1) is 15.8. The van der Waals surface area contributed by atoms with E-state index < -0.39 is 66.2 Å². The first kappa shape index (κ1) is 28.7. The first-order valence-electron chi connectivity index (χ1n) is 10.4. The van der Waals surface area contributed by atoms with Gasteiger partial charge in [-0.15, -0.1) is 0 Å². The van der Waals surface area contributed by atoms with Crippen molar-refractivity contribution in [3.05, 3.63) is 29.8 Å². The van der Waals surface area contributed by atoms with Crippen molar-refractivity contribution in [2.24, 2.45) is 11.7 Å². The lowest BCUT2D eigenvalue weighted by atomic mass is 10.00. The lowest BCUT2D eigenvalue weighted by Crippen LogP contribution is -2.59. The fourth-order valence-electron chi connectivity index (χ4n) is 2.87. The van der Waals surface area contributed by atoms with E-state index >= 15 is 0 Å². The van der Waals surface area contributed by atoms with Crippen LogP contribution in [0.1, 0.15) is 25.8 Å². The van der Waals surface area contributed by atoms with Gasteiger partial charge < -0.3 is 37.0 Å². The van der Waals surface area contributed by atoms with Gasteiger partial charge in [0, 0.05) is 12.2 Å². The Morgan fingerprint density at radius 2 is 1.47 bits per heavy atom. The van der Waals surface area contributed by atoms with Gasteiger partial charge in [-0.1, -0.05) is 26.0 Å². The number of carboxylic acids is 2. The second-order valence-electron chi connectivity index (χ2n) is 7.95. The molecular formula is C21H30N4O8S. The van der Waals surface area contributed by atoms with Crippen molar-refractivity contribution in [1.29, 1.82) is 0 Å². The molecule has 13 heteroatoms. The number of aromatic hydroxyl groups is 1. The highest BCUT2D eigenvalue weighted by atomic mass is 32.1. The Bertz CT molecular complexity index is 893. The second kappa shape index (κ2) is 13.4. The summed E-state index contributed by atoms with van der Waals surface area (Å²) in [5.74, 6) is -5.60. The summed E-state index contributed by atoms with van der Waals surface area (Å²) in [7, 11) is 0. The normalized spacial score (nSPS) is 14.4. The van der Waals surface area contributed by atoms with Crippen molar-refractivity contribution in [2.45, 2.75) is 50.9 Å². The minimum Gasteiger partial charge on any atom is -0.508 e. The molecule has 8 N–H and O–H groups in total. The highest BCUT2D eigenvalue weighted by Crippen LogP contribution is 2.12. The maximum absolute atomic E-state index is 13.1. The summed E-state index contributed by atoms with van der Waals surface area (Å²) >= 11 is 3.89. The molecule has 0 aliphatic rings. The zero-order chi connectivity index (χ0) is 26.0. The van der Waals surface area contributed by atoms with Crippen LogP contribution in [-0.4, -0.2) is 74.9 Å². The zero-order valence-electron chi connectivity index (χ0n) is 18.7. The van der Waals surface area contributed by atoms with Gasteiger partial charge >= 0.3 is 11.9 Å². The highest BCUT2D eigenvalue weighted by Gasteiger charge is 2.32. The van der Waals surface area contributed by atoms with E-state index in [9.17, 15) is 29.1 Å². The molecule has 1 rings (SSSR count). The van der Waals surface area contributed by atoms with Gasteiger partial charge in [-0.2, -0.15) is 12.6 Å². The number of carboxylic acid groups (broad SMARTS) is 2. The summed E-state index contributed by atoms with van der Waals surface area (Å²) in [5.41, 5.74) is 6.14. The number of hydrogen-bond donors (Lipinski definition) is 8. The predicted molar refractivity (Wildman–Crippen MR) is 124 cm³/mol. The van der Waals surface area contributed by atoms with Crippen molar-refractivity contribution < 1.29 is 39.3 Å². The van der Waals surface area contributed by atoms with E-state index in [0.29, 0.717) is 5.56 Å². The Morgan fingerprint density at radius 3 is 1.94 bits per heavy atom. The van der Waals surface area contributed by atoms with Crippen LogP contribution in [0.2, 0.25) is 0 Å². The maximum atomic E-state index is 13.1. The van der Waals surface area contributed by atoms with Gasteiger partial charge in [0.05, 0.1) is 12.5 Å². The molecule has 4 atom stereocenters. The standard InChI is InChI=1S/C21H30N4O8S/c1-10(2)17(20(31)24-15(9-34)21(32)33)25-19(30)14(7-11-3-5-12(26)6-4-11)23-18(29)13(22)8-16(27)28/h3-6,10,13-15,17,26,34H,7-9,22H2,1-2H3,(H,23,29)(H,24,31)(H,25,30)(H,27,28)(H,32,33). The molecule has 188 valence electrons. The fourth-order valence-corrected chi connectivity index (χ4v) is 3.12. The predicted octanol–water partition coefficient (Wildman–Crippen LogP) is -1.14. The Labute approximate surface area is 201 Å². The third-order valence-electron chi connectivity index (χ3n) is 4.78. The number of nitrogens with two attached hydrogens (primary N) is 1. The average molecular weight is 499 g/mol. The van der Waals surface area contributed by atoms with E-state index in [1.165, 1.54) is 24.3 Å². The van der Waals surface area contributed by atoms with Crippen LogP contribution in [0.3, 0.4) is 0 Å². The molecule has 0 aliphatic heterocycles. The third kappa shape index (κ3) is 9.27. The molecule has 0 saturated carbocycles. The number of phenolic OH excluding ortho intramolecular Hbond substituents is 1. The molecular weight excluding hydrogens is 468 g/mol. The van der Waals surface area contributed by atoms with Crippen LogP contribution in [0, 0.1) is 5.92 Å². The molecule has 34 heavy (non-hydrogen) atoms. The van der Waals surface area contributed by atoms with Crippen molar-refractivity contribution in [3.8, 4) is 5.75 Å². The van der Waals surface area contributed by atoms with Crippen LogP contribution in [0.15, 0.2) is 24.3 Å². The molecule has 0 spiro atoms. The van der Waals surface area contributed by atoms with Gasteiger partial charge in [0.15, 0.2) is 0 Å². The van der Waals surface area contributed by atoms with Gasteiger partial charge in [0.2, 0.25) is 17.7 Å². The number of benzene rings is 1. The van der Waals surface area contributed by atoms with Crippen molar-refractivity contribution in [1.82, 2.24) is 16.0 Å². The minimum absolute atomic E-state index is 0.00835. The molecule has 0 radical (unpaired) electrons. The van der Waals surface area contributed by atoms with Crippen molar-refractivity contribution >= 4 is 42.3 Å². The lowest BCUT2D eigenvalue weighted by Gasteiger charge is -2.27. The summed E-state index contributed by atoms with van der Waals surface area (Å²) in [6.45, 7) is 3.27. The Hall–Kier alpha value is -3.32. The van der Waals surface area contributed by atoms with E-state index in [1.807, 2.05) is 0 Å². The van der Waals surface area contributed by atoms with Crippen LogP contribution in [0.25, 0.3) is 0 Å². The summed E-state index contributed by atoms with van der Waals surface area (Å²) < 4.78 is 0. The van der Waals surface area contributed by atoms with Crippen LogP contribution in [0.4, 0.5) is 0 Å². The number of rotatable bonds is 13. The van der Waals surface area contributed by atoms with E-state index in [4.69, 9.17) is 15.9 Å². The average Bonchev–Trinajstić information content (AvgIpc) is 2.75. The first-order valence-corrected chi connectivity index (χ1v) is 11.0. The Morgan fingerprint density at radius 1 is 0.912 bits per heavy atom. The zero-order valence-corrected chi connectivity index (χ0v) is 19.6. The summed E-state index contributed by atoms with van der Waals surface area (Å²) in [5, 5.41) is 34.7. The molecule has 1 aromatic carbocycles. The number of aliphatic carboxylic acids is 2. The van der Waals surface area contributed by atoms with Gasteiger partial charge in [0.1, 0.15) is 23.9 Å². The van der Waals surface area contributed by atoms with E-state index in [0.717, 1.165) is 0 Å². The van der Waals surface area contributed by atoms with Gasteiger partial charge in [-0.3, -0.25) is 19.2 Å². The number of nitrogens with one attached hydrogen (secondary N) is 3. The largest absolute Gasteiger partial charge is 0.508 e. The quantitative estimate of drug-likeness (QED) is 0.154. The molecule has 0 bridgehead atoms. The summed E-state index contributed by atoms with van der Waals surface area (Å²) in [4.78, 5) is 60.1. The summed E-state index contributed by atoms with van der Waals surface area (Å²) in [6.07, 6.45) is -0.713. The van der Waals surface area contributed by atoms with Gasteiger partial charge in [0.25, 0.3) is 0 Å². The molecule has 0 aromatic heterocycles. The molecule has 1 aromatic rings. The van der Waals surface area contributed by atoms with Gasteiger partial charge in [-0.25, -0.2) is 4.79 Å². The van der Waals surface area contributed by atoms with Crippen LogP contribution >= 0.6 is 12.6 Å². The maximum Gasteiger partial charge on any atom is 0.327 e. The molecule has 3 amide bonds. The number of carbonyl (C=O) groups excluding carboxylic acids is 3. The highest BCUT2D eigenvalue weighted by molar-refractivity contribution is 7.80. The lowest BCUT2D eigenvalue weighted by molar-refractivity contribution is -0.142. The molecule has 0 saturated heterocycles. The molecule has 0 heterocycles. The molecule has 0 aliphatic carbocycles. The van der Waals surface area contributed by atoms with E-state index in [-0.39, 0.29) is 17.9 Å². The number of hydrogen-bond acceptors (Lipinski definition) is 8. The van der Waals surface area contributed by atoms with Crippen molar-refractivity contribution in [2.75, 3.05) is 5.75 Å². The Balaban J connectivity index is 3.09. The van der Waals surface area contributed by atoms with E-state index in [2.05, 4.69) is 28.6 Å². The van der Waals surface area contributed by atoms with Crippen molar-refractivity contribution in [3.63, 3.8) is 0 Å². The topological polar surface area (TPSA) is 208 Å². The SMILES string of the molecule is CC(C)C(NC(=O)C(Cc1ccc(O)cc1)NC(=O)C(N)CC(=O)O)C(=O)NC(CS)C(=O)O. The number of phenols is 1. The third-order valence-corrected chi connectivity index (χ3v) is 5.15. The van der Waals surface area contributed by atoms with Crippen LogP contribution < -0.4 is 21.7 Å². The van der Waals surface area contributed by atoms with E-state index in [1.54, 1.807) is 13.8 Å². The number of thiol groups is 1. The van der Waals surface area contributed by atoms with Crippen LogP contribution in [-0.2, 0) is 30.4 Å². The molecule has 4 unspecified atom stereocenters. The Kier molecular flexibility index (Phi) is 11.3. The minimum atomic E-state index is -1.41. The molecule has 12 nitrogen and oxygen atoms in total. The van der Waals surface area contributed by atoms with Gasteiger partial charge in [-0.05, 0) is 23.6 Å². The second-order valence-corrected chi connectivity index (χ2v) is 8.31. The number of carbonyl (C=O) groups is 5.